The Labute approximate surface area is 215 Å². The summed E-state index contributed by atoms with van der Waals surface area (Å²) in [5, 5.41) is 20.0. The number of benzene rings is 2. The van der Waals surface area contributed by atoms with E-state index in [2.05, 4.69) is 85.5 Å². The highest BCUT2D eigenvalue weighted by Gasteiger charge is 2.31. The van der Waals surface area contributed by atoms with Gasteiger partial charge in [-0.2, -0.15) is 0 Å². The van der Waals surface area contributed by atoms with Crippen LogP contribution in [0.4, 0.5) is 0 Å². The molecule has 0 amide bonds. The number of hydrogen-bond acceptors (Lipinski definition) is 3. The van der Waals surface area contributed by atoms with Gasteiger partial charge in [-0.15, -0.1) is 0 Å². The first-order valence-corrected chi connectivity index (χ1v) is 13.2. The molecule has 36 heavy (non-hydrogen) atoms. The molecule has 2 aliphatic rings. The zero-order valence-corrected chi connectivity index (χ0v) is 21.6. The number of nitrogens with zero attached hydrogens (tertiary/aromatic N) is 1. The van der Waals surface area contributed by atoms with Gasteiger partial charge in [-0.25, -0.2) is 0 Å². The fraction of sp³-hybridized carbons (Fsp3) is 0.406. The highest BCUT2D eigenvalue weighted by Crippen LogP contribution is 2.38. The van der Waals surface area contributed by atoms with Crippen LogP contribution in [0.3, 0.4) is 0 Å². The molecule has 2 aromatic rings. The summed E-state index contributed by atoms with van der Waals surface area (Å²) in [6, 6.07) is 21.4. The minimum Gasteiger partial charge on any atom is -0.481 e. The van der Waals surface area contributed by atoms with Crippen molar-refractivity contribution in [1.82, 2.24) is 4.90 Å². The first-order valence-electron chi connectivity index (χ1n) is 13.2. The van der Waals surface area contributed by atoms with E-state index in [-0.39, 0.29) is 17.8 Å². The highest BCUT2D eigenvalue weighted by molar-refractivity contribution is 5.82. The van der Waals surface area contributed by atoms with Gasteiger partial charge < -0.3 is 15.1 Å². The monoisotopic (exact) mass is 485 g/mol. The Kier molecular flexibility index (Phi) is 8.60. The van der Waals surface area contributed by atoms with Gasteiger partial charge in [-0.3, -0.25) is 4.79 Å². The van der Waals surface area contributed by atoms with E-state index < -0.39 is 12.1 Å². The summed E-state index contributed by atoms with van der Waals surface area (Å²) >= 11 is 0. The number of hydrogen-bond donors (Lipinski definition) is 2. The summed E-state index contributed by atoms with van der Waals surface area (Å²) in [5.41, 5.74) is 6.13. The molecule has 2 unspecified atom stereocenters. The van der Waals surface area contributed by atoms with Crippen molar-refractivity contribution in [3.8, 4) is 0 Å². The third-order valence-electron chi connectivity index (χ3n) is 7.68. The SMILES string of the molecule is CC1(C)C=C(C(O)CCCN2CCC(=C(c3ccccc3)c3ccccc3)CC2)C=CC1CC(=O)O. The van der Waals surface area contributed by atoms with Gasteiger partial charge in [0.2, 0.25) is 0 Å². The molecular weight excluding hydrogens is 446 g/mol. The van der Waals surface area contributed by atoms with Crippen LogP contribution < -0.4 is 0 Å². The minimum atomic E-state index is -0.783. The van der Waals surface area contributed by atoms with Gasteiger partial charge in [0.25, 0.3) is 0 Å². The standard InChI is InChI=1S/C32H39NO3/c1-32(2)23-27(15-16-28(32)22-30(35)36)29(34)14-9-19-33-20-17-26(18-21-33)31(24-10-5-3-6-11-24)25-12-7-4-8-13-25/h3-8,10-13,15-16,23,28-29,34H,9,14,17-22H2,1-2H3,(H,35,36). The molecule has 1 aliphatic carbocycles. The van der Waals surface area contributed by atoms with E-state index in [1.807, 2.05) is 12.2 Å². The lowest BCUT2D eigenvalue weighted by Gasteiger charge is -2.33. The van der Waals surface area contributed by atoms with Crippen LogP contribution in [0.25, 0.3) is 5.57 Å². The van der Waals surface area contributed by atoms with E-state index in [4.69, 9.17) is 5.11 Å². The molecule has 4 rings (SSSR count). The molecule has 2 N–H and O–H groups in total. The van der Waals surface area contributed by atoms with E-state index in [9.17, 15) is 9.90 Å². The number of likely N-dealkylation sites (tertiary alicyclic amines) is 1. The average molecular weight is 486 g/mol. The Hall–Kier alpha value is -2.95. The molecule has 1 saturated heterocycles. The smallest absolute Gasteiger partial charge is 0.303 e. The Morgan fingerprint density at radius 3 is 2.11 bits per heavy atom. The molecule has 1 fully saturated rings. The van der Waals surface area contributed by atoms with Crippen LogP contribution in [-0.4, -0.2) is 46.8 Å². The molecule has 1 aliphatic heterocycles. The molecule has 0 radical (unpaired) electrons. The largest absolute Gasteiger partial charge is 0.481 e. The maximum Gasteiger partial charge on any atom is 0.303 e. The Bertz CT molecular complexity index is 1060. The van der Waals surface area contributed by atoms with Gasteiger partial charge in [-0.1, -0.05) is 98.3 Å². The number of allylic oxidation sites excluding steroid dienone is 2. The van der Waals surface area contributed by atoms with Crippen LogP contribution in [0.2, 0.25) is 0 Å². The summed E-state index contributed by atoms with van der Waals surface area (Å²) in [5.74, 6) is -0.826. The lowest BCUT2D eigenvalue weighted by atomic mass is 9.72. The summed E-state index contributed by atoms with van der Waals surface area (Å²) in [6.45, 7) is 7.17. The van der Waals surface area contributed by atoms with Crippen LogP contribution in [0.1, 0.15) is 57.1 Å². The molecule has 0 saturated carbocycles. The van der Waals surface area contributed by atoms with Crippen LogP contribution >= 0.6 is 0 Å². The zero-order valence-electron chi connectivity index (χ0n) is 21.6. The molecule has 4 heteroatoms. The van der Waals surface area contributed by atoms with Crippen molar-refractivity contribution in [2.75, 3.05) is 19.6 Å². The molecule has 0 bridgehead atoms. The van der Waals surface area contributed by atoms with Crippen LogP contribution in [0.15, 0.2) is 90.0 Å². The molecule has 0 aromatic heterocycles. The third kappa shape index (κ3) is 6.63. The molecule has 190 valence electrons. The van der Waals surface area contributed by atoms with E-state index in [1.54, 1.807) is 0 Å². The van der Waals surface area contributed by atoms with Gasteiger partial charge in [0, 0.05) is 13.1 Å². The van der Waals surface area contributed by atoms with E-state index >= 15 is 0 Å². The highest BCUT2D eigenvalue weighted by atomic mass is 16.4. The normalized spacial score (nSPS) is 20.6. The van der Waals surface area contributed by atoms with Crippen molar-refractivity contribution in [3.05, 3.63) is 101 Å². The summed E-state index contributed by atoms with van der Waals surface area (Å²) in [6.07, 6.45) is 9.35. The second-order valence-corrected chi connectivity index (χ2v) is 10.7. The predicted molar refractivity (Wildman–Crippen MR) is 147 cm³/mol. The number of aliphatic hydroxyl groups is 1. The van der Waals surface area contributed by atoms with E-state index in [1.165, 1.54) is 22.3 Å². The van der Waals surface area contributed by atoms with Crippen LogP contribution in [0.5, 0.6) is 0 Å². The summed E-state index contributed by atoms with van der Waals surface area (Å²) < 4.78 is 0. The summed E-state index contributed by atoms with van der Waals surface area (Å²) in [4.78, 5) is 13.7. The fourth-order valence-electron chi connectivity index (χ4n) is 5.54. The second-order valence-electron chi connectivity index (χ2n) is 10.7. The number of carboxylic acid groups (broad SMARTS) is 1. The van der Waals surface area contributed by atoms with Gasteiger partial charge in [0.15, 0.2) is 0 Å². The predicted octanol–water partition coefficient (Wildman–Crippen LogP) is 6.34. The van der Waals surface area contributed by atoms with Crippen molar-refractivity contribution in [2.45, 2.75) is 52.1 Å². The molecule has 2 aromatic carbocycles. The van der Waals surface area contributed by atoms with Gasteiger partial charge in [-0.05, 0) is 65.8 Å². The number of aliphatic hydroxyl groups excluding tert-OH is 1. The van der Waals surface area contributed by atoms with E-state index in [0.717, 1.165) is 44.5 Å². The lowest BCUT2D eigenvalue weighted by molar-refractivity contribution is -0.138. The zero-order chi connectivity index (χ0) is 25.5. The maximum atomic E-state index is 11.2. The maximum absolute atomic E-state index is 11.2. The number of carbonyl (C=O) groups is 1. The topological polar surface area (TPSA) is 60.8 Å². The molecule has 0 spiro atoms. The Morgan fingerprint density at radius 1 is 1.00 bits per heavy atom. The van der Waals surface area contributed by atoms with Crippen molar-refractivity contribution >= 4 is 11.5 Å². The van der Waals surface area contributed by atoms with Crippen LogP contribution in [0, 0.1) is 11.3 Å². The number of carboxylic acids is 1. The van der Waals surface area contributed by atoms with Crippen molar-refractivity contribution in [1.29, 1.82) is 0 Å². The lowest BCUT2D eigenvalue weighted by Crippen LogP contribution is -2.32. The molecule has 1 heterocycles. The second kappa shape index (κ2) is 11.9. The van der Waals surface area contributed by atoms with Gasteiger partial charge >= 0.3 is 5.97 Å². The Morgan fingerprint density at radius 2 is 1.58 bits per heavy atom. The number of aliphatic carboxylic acids is 1. The number of rotatable bonds is 9. The minimum absolute atomic E-state index is 0.0433. The van der Waals surface area contributed by atoms with Gasteiger partial charge in [0.1, 0.15) is 0 Å². The fourth-order valence-corrected chi connectivity index (χ4v) is 5.54. The first kappa shape index (κ1) is 26.1. The Balaban J connectivity index is 1.32. The molecule has 2 atom stereocenters. The first-order chi connectivity index (χ1) is 17.3. The van der Waals surface area contributed by atoms with Gasteiger partial charge in [0.05, 0.1) is 12.5 Å². The third-order valence-corrected chi connectivity index (χ3v) is 7.68. The van der Waals surface area contributed by atoms with Crippen molar-refractivity contribution in [3.63, 3.8) is 0 Å². The van der Waals surface area contributed by atoms with E-state index in [0.29, 0.717) is 6.42 Å². The van der Waals surface area contributed by atoms with Crippen molar-refractivity contribution < 1.29 is 15.0 Å². The van der Waals surface area contributed by atoms with Crippen molar-refractivity contribution in [2.24, 2.45) is 11.3 Å². The molecular formula is C32H39NO3. The average Bonchev–Trinajstić information content (AvgIpc) is 2.87. The molecule has 4 nitrogen and oxygen atoms in total. The van der Waals surface area contributed by atoms with Crippen LogP contribution in [-0.2, 0) is 4.79 Å². The quantitative estimate of drug-likeness (QED) is 0.435. The summed E-state index contributed by atoms with van der Waals surface area (Å²) in [7, 11) is 0. The number of piperidine rings is 1.